The Labute approximate surface area is 129 Å². The van der Waals surface area contributed by atoms with Gasteiger partial charge in [-0.15, -0.1) is 0 Å². The lowest BCUT2D eigenvalue weighted by atomic mass is 10.1. The molecule has 2 aromatic rings. The van der Waals surface area contributed by atoms with Crippen LogP contribution in [0.2, 0.25) is 10.2 Å². The number of halogens is 5. The van der Waals surface area contributed by atoms with Crippen molar-refractivity contribution in [3.63, 3.8) is 0 Å². The quantitative estimate of drug-likeness (QED) is 0.823. The summed E-state index contributed by atoms with van der Waals surface area (Å²) in [6.07, 6.45) is -4.55. The van der Waals surface area contributed by atoms with Crippen LogP contribution in [0, 0.1) is 13.8 Å². The summed E-state index contributed by atoms with van der Waals surface area (Å²) in [6.45, 7) is 3.40. The third kappa shape index (κ3) is 3.57. The van der Waals surface area contributed by atoms with Crippen molar-refractivity contribution in [1.82, 2.24) is 9.97 Å². The molecular weight excluding hydrogens is 326 g/mol. The minimum Gasteiger partial charge on any atom is -0.337 e. The van der Waals surface area contributed by atoms with Crippen LogP contribution >= 0.6 is 23.2 Å². The SMILES string of the molecule is Cc1nc(Cl)c(Nc2ccc(Cl)cc2C(F)(F)F)nc1C. The van der Waals surface area contributed by atoms with Crippen LogP contribution in [0.25, 0.3) is 0 Å². The molecular formula is C13H10Cl2F3N3. The van der Waals surface area contributed by atoms with Crippen molar-refractivity contribution >= 4 is 34.7 Å². The molecule has 8 heteroatoms. The van der Waals surface area contributed by atoms with Crippen LogP contribution in [-0.2, 0) is 6.18 Å². The summed E-state index contributed by atoms with van der Waals surface area (Å²) < 4.78 is 39.0. The molecule has 21 heavy (non-hydrogen) atoms. The monoisotopic (exact) mass is 335 g/mol. The summed E-state index contributed by atoms with van der Waals surface area (Å²) in [5.41, 5.74) is 0.0968. The molecule has 0 bridgehead atoms. The summed E-state index contributed by atoms with van der Waals surface area (Å²) in [5, 5.41) is 2.55. The Kier molecular flexibility index (Phi) is 4.30. The number of nitrogens with zero attached hydrogens (tertiary/aromatic N) is 2. The van der Waals surface area contributed by atoms with Crippen molar-refractivity contribution in [2.75, 3.05) is 5.32 Å². The van der Waals surface area contributed by atoms with E-state index in [1.165, 1.54) is 12.1 Å². The third-order valence-corrected chi connectivity index (χ3v) is 3.30. The number of benzene rings is 1. The van der Waals surface area contributed by atoms with Gasteiger partial charge in [-0.25, -0.2) is 9.97 Å². The summed E-state index contributed by atoms with van der Waals surface area (Å²) in [6, 6.07) is 3.41. The standard InChI is InChI=1S/C13H10Cl2F3N3/c1-6-7(2)20-12(11(15)19-6)21-10-4-3-8(14)5-9(10)13(16,17)18/h3-5H,1-2H3,(H,20,21). The van der Waals surface area contributed by atoms with E-state index in [4.69, 9.17) is 23.2 Å². The van der Waals surface area contributed by atoms with Crippen LogP contribution in [-0.4, -0.2) is 9.97 Å². The Morgan fingerprint density at radius 1 is 1.05 bits per heavy atom. The maximum Gasteiger partial charge on any atom is 0.418 e. The van der Waals surface area contributed by atoms with Crippen LogP contribution < -0.4 is 5.32 Å². The maximum atomic E-state index is 13.0. The predicted molar refractivity (Wildman–Crippen MR) is 76.3 cm³/mol. The van der Waals surface area contributed by atoms with Crippen molar-refractivity contribution < 1.29 is 13.2 Å². The Hall–Kier alpha value is -1.53. The van der Waals surface area contributed by atoms with Crippen LogP contribution in [0.3, 0.4) is 0 Å². The highest BCUT2D eigenvalue weighted by Gasteiger charge is 2.34. The molecule has 0 atom stereocenters. The largest absolute Gasteiger partial charge is 0.418 e. The highest BCUT2D eigenvalue weighted by molar-refractivity contribution is 6.32. The van der Waals surface area contributed by atoms with E-state index in [1.54, 1.807) is 13.8 Å². The second-order valence-electron chi connectivity index (χ2n) is 4.35. The van der Waals surface area contributed by atoms with Crippen molar-refractivity contribution in [2.45, 2.75) is 20.0 Å². The number of hydrogen-bond acceptors (Lipinski definition) is 3. The van der Waals surface area contributed by atoms with Gasteiger partial charge in [0.15, 0.2) is 11.0 Å². The van der Waals surface area contributed by atoms with Crippen molar-refractivity contribution in [1.29, 1.82) is 0 Å². The Morgan fingerprint density at radius 3 is 2.29 bits per heavy atom. The molecule has 1 heterocycles. The molecule has 3 nitrogen and oxygen atoms in total. The molecule has 1 aromatic carbocycles. The highest BCUT2D eigenvalue weighted by atomic mass is 35.5. The van der Waals surface area contributed by atoms with E-state index in [9.17, 15) is 13.2 Å². The fourth-order valence-electron chi connectivity index (χ4n) is 1.64. The van der Waals surface area contributed by atoms with Gasteiger partial charge >= 0.3 is 6.18 Å². The lowest BCUT2D eigenvalue weighted by Gasteiger charge is -2.15. The van der Waals surface area contributed by atoms with Crippen LogP contribution in [0.4, 0.5) is 24.7 Å². The maximum absolute atomic E-state index is 13.0. The van der Waals surface area contributed by atoms with E-state index >= 15 is 0 Å². The minimum absolute atomic E-state index is 0.00109. The normalized spacial score (nSPS) is 11.6. The van der Waals surface area contributed by atoms with Gasteiger partial charge in [0.05, 0.1) is 22.6 Å². The van der Waals surface area contributed by atoms with Gasteiger partial charge in [0.1, 0.15) is 0 Å². The van der Waals surface area contributed by atoms with Gasteiger partial charge in [0.25, 0.3) is 0 Å². The number of aryl methyl sites for hydroxylation is 2. The molecule has 1 N–H and O–H groups in total. The van der Waals surface area contributed by atoms with E-state index in [2.05, 4.69) is 15.3 Å². The van der Waals surface area contributed by atoms with Gasteiger partial charge in [0.2, 0.25) is 0 Å². The summed E-state index contributed by atoms with van der Waals surface area (Å²) in [5.74, 6) is 0.0626. The molecule has 0 fully saturated rings. The first-order valence-corrected chi connectivity index (χ1v) is 6.58. The van der Waals surface area contributed by atoms with Crippen LogP contribution in [0.15, 0.2) is 18.2 Å². The first-order chi connectivity index (χ1) is 9.68. The molecule has 1 aromatic heterocycles. The van der Waals surface area contributed by atoms with E-state index in [1.807, 2.05) is 0 Å². The molecule has 0 saturated carbocycles. The van der Waals surface area contributed by atoms with Crippen LogP contribution in [0.5, 0.6) is 0 Å². The number of hydrogen-bond donors (Lipinski definition) is 1. The molecule has 0 unspecified atom stereocenters. The van der Waals surface area contributed by atoms with E-state index in [-0.39, 0.29) is 21.7 Å². The average molecular weight is 336 g/mol. The summed E-state index contributed by atoms with van der Waals surface area (Å²) >= 11 is 11.5. The highest BCUT2D eigenvalue weighted by Crippen LogP contribution is 2.38. The Morgan fingerprint density at radius 2 is 1.67 bits per heavy atom. The van der Waals surface area contributed by atoms with Crippen LogP contribution in [0.1, 0.15) is 17.0 Å². The zero-order chi connectivity index (χ0) is 15.8. The summed E-state index contributed by atoms with van der Waals surface area (Å²) in [4.78, 5) is 8.12. The van der Waals surface area contributed by atoms with Gasteiger partial charge in [-0.2, -0.15) is 13.2 Å². The molecule has 0 saturated heterocycles. The number of alkyl halides is 3. The fraction of sp³-hybridized carbons (Fsp3) is 0.231. The van der Waals surface area contributed by atoms with Gasteiger partial charge in [-0.1, -0.05) is 23.2 Å². The number of anilines is 2. The van der Waals surface area contributed by atoms with Gasteiger partial charge in [0, 0.05) is 5.02 Å². The Balaban J connectivity index is 2.47. The molecule has 0 aliphatic rings. The van der Waals surface area contributed by atoms with Crippen molar-refractivity contribution in [3.8, 4) is 0 Å². The van der Waals surface area contributed by atoms with Crippen molar-refractivity contribution in [3.05, 3.63) is 45.3 Å². The lowest BCUT2D eigenvalue weighted by molar-refractivity contribution is -0.136. The first-order valence-electron chi connectivity index (χ1n) is 5.83. The summed E-state index contributed by atoms with van der Waals surface area (Å²) in [7, 11) is 0. The Bertz CT molecular complexity index is 687. The van der Waals surface area contributed by atoms with Crippen molar-refractivity contribution in [2.24, 2.45) is 0 Å². The van der Waals surface area contributed by atoms with Gasteiger partial charge < -0.3 is 5.32 Å². The molecule has 0 aliphatic heterocycles. The fourth-order valence-corrected chi connectivity index (χ4v) is 2.03. The van der Waals surface area contributed by atoms with E-state index in [0.717, 1.165) is 6.07 Å². The van der Waals surface area contributed by atoms with Gasteiger partial charge in [-0.05, 0) is 32.0 Å². The van der Waals surface area contributed by atoms with E-state index < -0.39 is 11.7 Å². The number of rotatable bonds is 2. The smallest absolute Gasteiger partial charge is 0.337 e. The lowest BCUT2D eigenvalue weighted by Crippen LogP contribution is -2.10. The average Bonchev–Trinajstić information content (AvgIpc) is 2.36. The molecule has 0 aliphatic carbocycles. The molecule has 0 amide bonds. The van der Waals surface area contributed by atoms with Gasteiger partial charge in [-0.3, -0.25) is 0 Å². The minimum atomic E-state index is -4.55. The third-order valence-electron chi connectivity index (χ3n) is 2.80. The molecule has 0 spiro atoms. The topological polar surface area (TPSA) is 37.8 Å². The zero-order valence-corrected chi connectivity index (χ0v) is 12.5. The predicted octanol–water partition coefficient (Wildman–Crippen LogP) is 5.16. The molecule has 2 rings (SSSR count). The molecule has 112 valence electrons. The zero-order valence-electron chi connectivity index (χ0n) is 11.0. The number of nitrogens with one attached hydrogen (secondary N) is 1. The van der Waals surface area contributed by atoms with E-state index in [0.29, 0.717) is 11.4 Å². The number of aromatic nitrogens is 2. The first kappa shape index (κ1) is 15.9. The second kappa shape index (κ2) is 5.69. The second-order valence-corrected chi connectivity index (χ2v) is 5.14. The molecule has 0 radical (unpaired) electrons.